The van der Waals surface area contributed by atoms with E-state index in [1.807, 2.05) is 48.5 Å². The predicted octanol–water partition coefficient (Wildman–Crippen LogP) is 2.55. The fourth-order valence-electron chi connectivity index (χ4n) is 2.92. The average molecular weight is 398 g/mol. The molecule has 0 aliphatic rings. The molecular formula is C21H39N3O4. The van der Waals surface area contributed by atoms with Gasteiger partial charge >= 0.3 is 5.97 Å². The lowest BCUT2D eigenvalue weighted by Crippen LogP contribution is -2.62. The Morgan fingerprint density at radius 3 is 1.93 bits per heavy atom. The number of carbonyl (C=O) groups excluding carboxylic acids is 2. The summed E-state index contributed by atoms with van der Waals surface area (Å²) in [4.78, 5) is 38.8. The average Bonchev–Trinajstić information content (AvgIpc) is 2.60. The highest BCUT2D eigenvalue weighted by Gasteiger charge is 2.40. The number of nitrogens with two attached hydrogens (primary N) is 1. The van der Waals surface area contributed by atoms with Gasteiger partial charge in [-0.15, -0.1) is 0 Å². The molecule has 0 spiro atoms. The van der Waals surface area contributed by atoms with Gasteiger partial charge in [0.2, 0.25) is 11.8 Å². The largest absolute Gasteiger partial charge is 0.478 e. The number of carbonyl (C=O) groups is 3. The Labute approximate surface area is 169 Å². The van der Waals surface area contributed by atoms with Crippen LogP contribution in [0.4, 0.5) is 0 Å². The minimum atomic E-state index is -1.03. The van der Waals surface area contributed by atoms with Gasteiger partial charge in [-0.25, -0.2) is 4.79 Å². The lowest BCUT2D eigenvalue weighted by molar-refractivity contribution is -0.141. The van der Waals surface area contributed by atoms with E-state index in [-0.39, 0.29) is 23.3 Å². The maximum absolute atomic E-state index is 13.3. The van der Waals surface area contributed by atoms with E-state index in [4.69, 9.17) is 5.73 Å². The Kier molecular flexibility index (Phi) is 9.37. The van der Waals surface area contributed by atoms with Crippen LogP contribution in [0.3, 0.4) is 0 Å². The van der Waals surface area contributed by atoms with Gasteiger partial charge in [-0.05, 0) is 31.1 Å². The van der Waals surface area contributed by atoms with E-state index in [9.17, 15) is 19.5 Å². The Bertz CT molecular complexity index is 601. The van der Waals surface area contributed by atoms with E-state index < -0.39 is 29.0 Å². The van der Waals surface area contributed by atoms with E-state index in [0.29, 0.717) is 12.8 Å². The lowest BCUT2D eigenvalue weighted by Gasteiger charge is -2.39. The van der Waals surface area contributed by atoms with E-state index in [1.165, 1.54) is 11.8 Å². The number of nitrogens with zero attached hydrogens (tertiary/aromatic N) is 1. The molecule has 28 heavy (non-hydrogen) atoms. The van der Waals surface area contributed by atoms with Crippen molar-refractivity contribution in [3.63, 3.8) is 0 Å². The molecule has 0 aliphatic heterocycles. The highest BCUT2D eigenvalue weighted by atomic mass is 16.4. The zero-order chi connectivity index (χ0) is 22.4. The topological polar surface area (TPSA) is 113 Å². The third-order valence-electron chi connectivity index (χ3n) is 5.34. The van der Waals surface area contributed by atoms with Gasteiger partial charge in [0.05, 0.1) is 11.6 Å². The van der Waals surface area contributed by atoms with Crippen LogP contribution in [0.25, 0.3) is 0 Å². The van der Waals surface area contributed by atoms with Gasteiger partial charge in [0.1, 0.15) is 6.04 Å². The van der Waals surface area contributed by atoms with E-state index >= 15 is 0 Å². The third-order valence-corrected chi connectivity index (χ3v) is 5.34. The molecule has 0 aromatic carbocycles. The van der Waals surface area contributed by atoms with Gasteiger partial charge in [0.25, 0.3) is 0 Å². The summed E-state index contributed by atoms with van der Waals surface area (Å²) < 4.78 is 0. The number of nitrogens with one attached hydrogen (secondary N) is 1. The van der Waals surface area contributed by atoms with Crippen molar-refractivity contribution in [3.05, 3.63) is 11.6 Å². The molecule has 0 aromatic rings. The summed E-state index contributed by atoms with van der Waals surface area (Å²) in [6.45, 7) is 14.7. The second-order valence-corrected chi connectivity index (χ2v) is 8.97. The minimum Gasteiger partial charge on any atom is -0.478 e. The summed E-state index contributed by atoms with van der Waals surface area (Å²) in [5, 5.41) is 12.0. The molecule has 0 saturated heterocycles. The zero-order valence-corrected chi connectivity index (χ0v) is 18.9. The van der Waals surface area contributed by atoms with Crippen LogP contribution in [0.5, 0.6) is 0 Å². The molecule has 0 bridgehead atoms. The van der Waals surface area contributed by atoms with Gasteiger partial charge in [0, 0.05) is 12.6 Å². The molecule has 2 amide bonds. The summed E-state index contributed by atoms with van der Waals surface area (Å²) in [5.41, 5.74) is 4.80. The molecule has 0 radical (unpaired) electrons. The monoisotopic (exact) mass is 397 g/mol. The van der Waals surface area contributed by atoms with Crippen molar-refractivity contribution in [2.45, 2.75) is 85.9 Å². The third kappa shape index (κ3) is 6.62. The summed E-state index contributed by atoms with van der Waals surface area (Å²) in [6, 6.07) is -1.20. The summed E-state index contributed by atoms with van der Waals surface area (Å²) in [7, 11) is 1.64. The van der Waals surface area contributed by atoms with Crippen LogP contribution in [-0.2, 0) is 14.4 Å². The Balaban J connectivity index is 5.87. The fraction of sp³-hybridized carbons (Fsp3) is 0.762. The summed E-state index contributed by atoms with van der Waals surface area (Å²) >= 11 is 0. The van der Waals surface area contributed by atoms with Crippen molar-refractivity contribution in [2.75, 3.05) is 7.05 Å². The Hall–Kier alpha value is -1.89. The first kappa shape index (κ1) is 26.1. The van der Waals surface area contributed by atoms with Crippen LogP contribution in [0.1, 0.15) is 68.2 Å². The minimum absolute atomic E-state index is 0.000507. The maximum atomic E-state index is 13.3. The van der Waals surface area contributed by atoms with Gasteiger partial charge in [-0.2, -0.15) is 0 Å². The van der Waals surface area contributed by atoms with Crippen molar-refractivity contribution in [1.82, 2.24) is 10.2 Å². The van der Waals surface area contributed by atoms with Crippen molar-refractivity contribution < 1.29 is 19.5 Å². The highest BCUT2D eigenvalue weighted by molar-refractivity contribution is 5.92. The second kappa shape index (κ2) is 10.0. The van der Waals surface area contributed by atoms with E-state index in [0.717, 1.165) is 0 Å². The molecule has 0 aromatic heterocycles. The standard InChI is InChI=1S/C21H39N3O4/c1-10-21(22,11-2)19(28)23-16(20(6,7)8)17(25)24(9)15(13(3)4)12-14(5)18(26)27/h12-13,15-16H,10-11,22H2,1-9H3,(H,23,28)(H,26,27)/b14-12+/t15-,16?/m1/s1. The molecule has 1 unspecified atom stereocenters. The van der Waals surface area contributed by atoms with E-state index in [2.05, 4.69) is 5.32 Å². The number of hydrogen-bond donors (Lipinski definition) is 3. The van der Waals surface area contributed by atoms with Gasteiger partial charge in [0.15, 0.2) is 0 Å². The normalized spacial score (nSPS) is 15.2. The molecule has 2 atom stereocenters. The summed E-state index contributed by atoms with van der Waals surface area (Å²) in [6.07, 6.45) is 2.51. The molecule has 7 heteroatoms. The van der Waals surface area contributed by atoms with Crippen molar-refractivity contribution in [1.29, 1.82) is 0 Å². The molecule has 4 N–H and O–H groups in total. The zero-order valence-electron chi connectivity index (χ0n) is 18.9. The van der Waals surface area contributed by atoms with Crippen molar-refractivity contribution in [2.24, 2.45) is 17.1 Å². The molecule has 7 nitrogen and oxygen atoms in total. The van der Waals surface area contributed by atoms with Crippen LogP contribution in [0, 0.1) is 11.3 Å². The smallest absolute Gasteiger partial charge is 0.331 e. The lowest BCUT2D eigenvalue weighted by atomic mass is 9.83. The van der Waals surface area contributed by atoms with Gasteiger partial charge in [-0.3, -0.25) is 9.59 Å². The predicted molar refractivity (Wildman–Crippen MR) is 112 cm³/mol. The van der Waals surface area contributed by atoms with Crippen molar-refractivity contribution in [3.8, 4) is 0 Å². The summed E-state index contributed by atoms with van der Waals surface area (Å²) in [5.74, 6) is -1.65. The Morgan fingerprint density at radius 1 is 1.14 bits per heavy atom. The molecule has 0 aliphatic carbocycles. The van der Waals surface area contributed by atoms with Crippen LogP contribution in [0.15, 0.2) is 11.6 Å². The van der Waals surface area contributed by atoms with Crippen molar-refractivity contribution >= 4 is 17.8 Å². The van der Waals surface area contributed by atoms with Gasteiger partial charge < -0.3 is 21.1 Å². The van der Waals surface area contributed by atoms with Crippen LogP contribution in [0.2, 0.25) is 0 Å². The molecule has 0 saturated carbocycles. The first-order chi connectivity index (χ1) is 12.6. The fourth-order valence-corrected chi connectivity index (χ4v) is 2.92. The number of carboxylic acid groups (broad SMARTS) is 1. The first-order valence-corrected chi connectivity index (χ1v) is 9.90. The van der Waals surface area contributed by atoms with Crippen LogP contribution < -0.4 is 11.1 Å². The molecule has 0 fully saturated rings. The van der Waals surface area contributed by atoms with Crippen LogP contribution >= 0.6 is 0 Å². The molecule has 0 rings (SSSR count). The number of amides is 2. The highest BCUT2D eigenvalue weighted by Crippen LogP contribution is 2.25. The van der Waals surface area contributed by atoms with E-state index in [1.54, 1.807) is 13.1 Å². The number of hydrogen-bond acceptors (Lipinski definition) is 4. The molecule has 162 valence electrons. The molecule has 0 heterocycles. The first-order valence-electron chi connectivity index (χ1n) is 9.90. The second-order valence-electron chi connectivity index (χ2n) is 8.97. The number of aliphatic carboxylic acids is 1. The number of likely N-dealkylation sites (N-methyl/N-ethyl adjacent to an activating group) is 1. The van der Waals surface area contributed by atoms with Crippen LogP contribution in [-0.4, -0.2) is 52.5 Å². The SMILES string of the molecule is CCC(N)(CC)C(=O)NC(C(=O)N(C)[C@H](/C=C(\C)C(=O)O)C(C)C)C(C)(C)C. The Morgan fingerprint density at radius 2 is 1.61 bits per heavy atom. The quantitative estimate of drug-likeness (QED) is 0.518. The number of carboxylic acids is 1. The maximum Gasteiger partial charge on any atom is 0.331 e. The number of rotatable bonds is 9. The van der Waals surface area contributed by atoms with Gasteiger partial charge in [-0.1, -0.05) is 54.5 Å². The molecular weight excluding hydrogens is 358 g/mol.